The molecule has 0 aliphatic heterocycles. The molecule has 9 heteroatoms. The first-order chi connectivity index (χ1) is 16.7. The van der Waals surface area contributed by atoms with Crippen LogP contribution in [-0.4, -0.2) is 37.3 Å². The number of aliphatic hydroxyl groups excluding tert-OH is 1. The number of halogens is 1. The van der Waals surface area contributed by atoms with Gasteiger partial charge in [0.2, 0.25) is 0 Å². The number of carboxylic acid groups (broad SMARTS) is 1. The predicted octanol–water partition coefficient (Wildman–Crippen LogP) is 5.11. The second-order valence-electron chi connectivity index (χ2n) is 7.75. The quantitative estimate of drug-likeness (QED) is 0.284. The summed E-state index contributed by atoms with van der Waals surface area (Å²) in [5, 5.41) is 19.3. The molecule has 0 radical (unpaired) electrons. The summed E-state index contributed by atoms with van der Waals surface area (Å²) in [5.74, 6) is -0.294. The lowest BCUT2D eigenvalue weighted by Gasteiger charge is -2.13. The molecule has 0 fully saturated rings. The van der Waals surface area contributed by atoms with Crippen molar-refractivity contribution < 1.29 is 28.2 Å². The molecule has 1 unspecified atom stereocenters. The highest BCUT2D eigenvalue weighted by molar-refractivity contribution is 9.10. The van der Waals surface area contributed by atoms with Crippen LogP contribution < -0.4 is 9.46 Å². The van der Waals surface area contributed by atoms with Gasteiger partial charge in [-0.2, -0.15) is 0 Å². The molecule has 0 saturated heterocycles. The summed E-state index contributed by atoms with van der Waals surface area (Å²) in [7, 11) is -3.69. The summed E-state index contributed by atoms with van der Waals surface area (Å²) in [6.45, 7) is 0.240. The normalized spacial score (nSPS) is 12.4. The number of aliphatic hydroxyl groups is 1. The number of anilines is 1. The van der Waals surface area contributed by atoms with E-state index >= 15 is 0 Å². The fourth-order valence-electron chi connectivity index (χ4n) is 3.25. The molecule has 184 valence electrons. The lowest BCUT2D eigenvalue weighted by Crippen LogP contribution is -2.12. The lowest BCUT2D eigenvalue weighted by atomic mass is 10.1. The maximum atomic E-state index is 12.5. The molecule has 3 rings (SSSR count). The van der Waals surface area contributed by atoms with Crippen LogP contribution >= 0.6 is 15.9 Å². The van der Waals surface area contributed by atoms with E-state index in [4.69, 9.17) is 9.84 Å². The molecule has 0 heterocycles. The lowest BCUT2D eigenvalue weighted by molar-refractivity contribution is -0.136. The second kappa shape index (κ2) is 12.5. The van der Waals surface area contributed by atoms with Crippen molar-refractivity contribution in [3.8, 4) is 5.75 Å². The highest BCUT2D eigenvalue weighted by Gasteiger charge is 2.13. The molecule has 1 atom stereocenters. The molecule has 0 saturated carbocycles. The van der Waals surface area contributed by atoms with Crippen LogP contribution in [0, 0.1) is 0 Å². The number of sulfonamides is 1. The van der Waals surface area contributed by atoms with E-state index in [2.05, 4.69) is 20.7 Å². The van der Waals surface area contributed by atoms with Crippen LogP contribution in [0.15, 0.2) is 88.2 Å². The van der Waals surface area contributed by atoms with Crippen LogP contribution in [0.4, 0.5) is 5.69 Å². The van der Waals surface area contributed by atoms with Gasteiger partial charge in [-0.1, -0.05) is 58.4 Å². The standard InChI is InChI=1S/C26H26BrNO6S/c27-21-11-13-25(20(18-21)10-14-26(30)31)34-16-15-23(29)12-9-19-5-4-6-22(17-19)28-35(32,33)24-7-2-1-3-8-24/h1-9,11-13,17-18,23,28-29H,10,14-16H2,(H,30,31)/b12-9+. The Labute approximate surface area is 213 Å². The number of aryl methyl sites for hydroxylation is 1. The van der Waals surface area contributed by atoms with Crippen molar-refractivity contribution >= 4 is 43.7 Å². The molecular weight excluding hydrogens is 534 g/mol. The first kappa shape index (κ1) is 26.5. The Kier molecular flexibility index (Phi) is 9.47. The zero-order chi connectivity index (χ0) is 25.3. The Morgan fingerprint density at radius 1 is 1.06 bits per heavy atom. The van der Waals surface area contributed by atoms with E-state index in [1.54, 1.807) is 60.7 Å². The maximum Gasteiger partial charge on any atom is 0.303 e. The van der Waals surface area contributed by atoms with Crippen molar-refractivity contribution in [2.75, 3.05) is 11.3 Å². The van der Waals surface area contributed by atoms with Crippen LogP contribution in [0.3, 0.4) is 0 Å². The molecule has 0 bridgehead atoms. The summed E-state index contributed by atoms with van der Waals surface area (Å²) in [6.07, 6.45) is 3.21. The summed E-state index contributed by atoms with van der Waals surface area (Å²) in [5.41, 5.74) is 1.92. The molecule has 35 heavy (non-hydrogen) atoms. The number of nitrogens with one attached hydrogen (secondary N) is 1. The van der Waals surface area contributed by atoms with E-state index in [1.165, 1.54) is 12.1 Å². The number of hydrogen-bond acceptors (Lipinski definition) is 5. The monoisotopic (exact) mass is 559 g/mol. The van der Waals surface area contributed by atoms with E-state index < -0.39 is 22.1 Å². The number of ether oxygens (including phenoxy) is 1. The third-order valence-corrected chi connectivity index (χ3v) is 6.90. The van der Waals surface area contributed by atoms with E-state index in [-0.39, 0.29) is 17.9 Å². The number of rotatable bonds is 12. The van der Waals surface area contributed by atoms with Gasteiger partial charge in [0.25, 0.3) is 10.0 Å². The van der Waals surface area contributed by atoms with Crippen LogP contribution in [-0.2, 0) is 21.2 Å². The molecule has 3 N–H and O–H groups in total. The van der Waals surface area contributed by atoms with Crippen molar-refractivity contribution in [3.63, 3.8) is 0 Å². The van der Waals surface area contributed by atoms with Crippen molar-refractivity contribution in [2.45, 2.75) is 30.3 Å². The first-order valence-corrected chi connectivity index (χ1v) is 13.2. The third kappa shape index (κ3) is 8.54. The number of hydrogen-bond donors (Lipinski definition) is 3. The largest absolute Gasteiger partial charge is 0.493 e. The van der Waals surface area contributed by atoms with E-state index in [9.17, 15) is 18.3 Å². The van der Waals surface area contributed by atoms with Gasteiger partial charge in [-0.3, -0.25) is 9.52 Å². The topological polar surface area (TPSA) is 113 Å². The van der Waals surface area contributed by atoms with Crippen molar-refractivity contribution in [2.24, 2.45) is 0 Å². The minimum Gasteiger partial charge on any atom is -0.493 e. The Bertz CT molecular complexity index is 1280. The van der Waals surface area contributed by atoms with Gasteiger partial charge in [0.1, 0.15) is 5.75 Å². The number of aliphatic carboxylic acids is 1. The average molecular weight is 560 g/mol. The number of carboxylic acids is 1. The molecule has 0 aliphatic rings. The van der Waals surface area contributed by atoms with Crippen LogP contribution in [0.2, 0.25) is 0 Å². The van der Waals surface area contributed by atoms with E-state index in [0.29, 0.717) is 24.3 Å². The van der Waals surface area contributed by atoms with Gasteiger partial charge in [-0.25, -0.2) is 8.42 Å². The molecule has 3 aromatic carbocycles. The third-order valence-electron chi connectivity index (χ3n) is 5.01. The molecule has 3 aromatic rings. The first-order valence-electron chi connectivity index (χ1n) is 10.9. The van der Waals surface area contributed by atoms with Crippen LogP contribution in [0.25, 0.3) is 6.08 Å². The van der Waals surface area contributed by atoms with Crippen LogP contribution in [0.1, 0.15) is 24.0 Å². The zero-order valence-corrected chi connectivity index (χ0v) is 21.2. The van der Waals surface area contributed by atoms with Gasteiger partial charge in [-0.15, -0.1) is 0 Å². The van der Waals surface area contributed by atoms with Gasteiger partial charge in [0, 0.05) is 23.0 Å². The molecule has 7 nitrogen and oxygen atoms in total. The van der Waals surface area contributed by atoms with Gasteiger partial charge in [0.15, 0.2) is 0 Å². The van der Waals surface area contributed by atoms with E-state index in [1.807, 2.05) is 12.1 Å². The highest BCUT2D eigenvalue weighted by atomic mass is 79.9. The van der Waals surface area contributed by atoms with Crippen molar-refractivity contribution in [1.29, 1.82) is 0 Å². The predicted molar refractivity (Wildman–Crippen MR) is 139 cm³/mol. The molecule has 0 amide bonds. The SMILES string of the molecule is O=C(O)CCc1cc(Br)ccc1OCCC(O)/C=C/c1cccc(NS(=O)(=O)c2ccccc2)c1. The zero-order valence-electron chi connectivity index (χ0n) is 18.8. The smallest absolute Gasteiger partial charge is 0.303 e. The molecule has 0 spiro atoms. The summed E-state index contributed by atoms with van der Waals surface area (Å²) in [6, 6.07) is 20.4. The van der Waals surface area contributed by atoms with Crippen molar-refractivity contribution in [3.05, 3.63) is 94.5 Å². The number of benzene rings is 3. The van der Waals surface area contributed by atoms with Gasteiger partial charge < -0.3 is 14.9 Å². The van der Waals surface area contributed by atoms with Gasteiger partial charge in [-0.05, 0) is 60.0 Å². The fraction of sp³-hybridized carbons (Fsp3) is 0.192. The minimum atomic E-state index is -3.69. The Morgan fingerprint density at radius 3 is 2.57 bits per heavy atom. The van der Waals surface area contributed by atoms with E-state index in [0.717, 1.165) is 15.6 Å². The molecule has 0 aliphatic carbocycles. The van der Waals surface area contributed by atoms with Gasteiger partial charge in [0.05, 0.1) is 17.6 Å². The average Bonchev–Trinajstić information content (AvgIpc) is 2.83. The Morgan fingerprint density at radius 2 is 1.83 bits per heavy atom. The summed E-state index contributed by atoms with van der Waals surface area (Å²) >= 11 is 3.38. The summed E-state index contributed by atoms with van der Waals surface area (Å²) < 4.78 is 34.2. The van der Waals surface area contributed by atoms with Crippen LogP contribution in [0.5, 0.6) is 5.75 Å². The molecular formula is C26H26BrNO6S. The maximum absolute atomic E-state index is 12.5. The summed E-state index contributed by atoms with van der Waals surface area (Å²) in [4.78, 5) is 11.1. The van der Waals surface area contributed by atoms with Gasteiger partial charge >= 0.3 is 5.97 Å². The molecule has 0 aromatic heterocycles. The Balaban J connectivity index is 1.55. The second-order valence-corrected chi connectivity index (χ2v) is 10.4. The Hall–Kier alpha value is -3.14. The fourth-order valence-corrected chi connectivity index (χ4v) is 4.73. The number of carbonyl (C=O) groups is 1. The minimum absolute atomic E-state index is 0.00124. The van der Waals surface area contributed by atoms with Crippen molar-refractivity contribution in [1.82, 2.24) is 0 Å². The highest BCUT2D eigenvalue weighted by Crippen LogP contribution is 2.25.